The van der Waals surface area contributed by atoms with E-state index in [1.165, 1.54) is 32.3 Å². The predicted octanol–water partition coefficient (Wildman–Crippen LogP) is 0.575. The van der Waals surface area contributed by atoms with Gasteiger partial charge in [0.05, 0.1) is 7.11 Å². The maximum absolute atomic E-state index is 11.1. The molecule has 0 saturated carbocycles. The van der Waals surface area contributed by atoms with E-state index in [4.69, 9.17) is 4.74 Å². The number of ketones is 1. The summed E-state index contributed by atoms with van der Waals surface area (Å²) in [5, 5.41) is 3.49. The number of allylic oxidation sites excluding steroid dienone is 3. The Kier molecular flexibility index (Phi) is 3.17. The first-order chi connectivity index (χ1) is 6.63. The Bertz CT molecular complexity index is 352. The third-order valence-corrected chi connectivity index (χ3v) is 1.43. The average Bonchev–Trinajstić information content (AvgIpc) is 2.16. The van der Waals surface area contributed by atoms with Crippen LogP contribution >= 0.6 is 0 Å². The van der Waals surface area contributed by atoms with Crippen LogP contribution in [0.15, 0.2) is 29.1 Å². The van der Waals surface area contributed by atoms with Gasteiger partial charge in [0, 0.05) is 13.0 Å². The number of rotatable bonds is 2. The summed E-state index contributed by atoms with van der Waals surface area (Å²) in [6.07, 6.45) is 4.13. The Hall–Kier alpha value is -1.91. The predicted molar refractivity (Wildman–Crippen MR) is 48.4 cm³/mol. The van der Waals surface area contributed by atoms with E-state index in [9.17, 15) is 9.59 Å². The lowest BCUT2D eigenvalue weighted by Crippen LogP contribution is -2.09. The van der Waals surface area contributed by atoms with Crippen molar-refractivity contribution in [2.75, 3.05) is 7.11 Å². The summed E-state index contributed by atoms with van der Waals surface area (Å²) in [5.74, 6) is -0.595. The third kappa shape index (κ3) is 2.55. The number of methoxy groups -OCH3 is 1. The van der Waals surface area contributed by atoms with E-state index in [1.54, 1.807) is 0 Å². The lowest BCUT2D eigenvalue weighted by Gasteiger charge is -2.05. The van der Waals surface area contributed by atoms with Crippen LogP contribution in [0.1, 0.15) is 6.92 Å². The van der Waals surface area contributed by atoms with Crippen molar-refractivity contribution in [3.63, 3.8) is 0 Å². The standard InChI is InChI=1S/C9H9NO4/c1-6(11)14-10-7-3-4-8(12)9(5-7)13-2/h3-5H,1-2H3/b10-7-. The minimum Gasteiger partial charge on any atom is -0.493 e. The molecule has 5 heteroatoms. The molecule has 0 N–H and O–H groups in total. The van der Waals surface area contributed by atoms with Gasteiger partial charge in [0.2, 0.25) is 5.78 Å². The molecule has 14 heavy (non-hydrogen) atoms. The van der Waals surface area contributed by atoms with Gasteiger partial charge in [-0.15, -0.1) is 0 Å². The maximum atomic E-state index is 11.1. The van der Waals surface area contributed by atoms with E-state index in [2.05, 4.69) is 9.99 Å². The molecular weight excluding hydrogens is 186 g/mol. The summed E-state index contributed by atoms with van der Waals surface area (Å²) in [4.78, 5) is 25.9. The molecule has 0 bridgehead atoms. The quantitative estimate of drug-likeness (QED) is 0.367. The van der Waals surface area contributed by atoms with Gasteiger partial charge in [-0.2, -0.15) is 0 Å². The van der Waals surface area contributed by atoms with Gasteiger partial charge in [-0.3, -0.25) is 4.79 Å². The Morgan fingerprint density at radius 3 is 2.71 bits per heavy atom. The zero-order valence-electron chi connectivity index (χ0n) is 7.81. The number of oxime groups is 1. The molecule has 1 aliphatic carbocycles. The van der Waals surface area contributed by atoms with Crippen LogP contribution < -0.4 is 0 Å². The van der Waals surface area contributed by atoms with Crippen molar-refractivity contribution in [3.8, 4) is 0 Å². The van der Waals surface area contributed by atoms with Crippen molar-refractivity contribution in [3.05, 3.63) is 24.0 Å². The van der Waals surface area contributed by atoms with Crippen LogP contribution in [-0.2, 0) is 19.2 Å². The van der Waals surface area contributed by atoms with Crippen LogP contribution in [0.5, 0.6) is 0 Å². The van der Waals surface area contributed by atoms with E-state index < -0.39 is 5.97 Å². The highest BCUT2D eigenvalue weighted by molar-refractivity contribution is 6.18. The van der Waals surface area contributed by atoms with Crippen LogP contribution in [0.25, 0.3) is 0 Å². The van der Waals surface area contributed by atoms with E-state index in [0.717, 1.165) is 0 Å². The van der Waals surface area contributed by atoms with E-state index >= 15 is 0 Å². The van der Waals surface area contributed by atoms with Crippen molar-refractivity contribution < 1.29 is 19.2 Å². The van der Waals surface area contributed by atoms with Crippen molar-refractivity contribution in [1.29, 1.82) is 0 Å². The second-order valence-electron chi connectivity index (χ2n) is 2.51. The zero-order chi connectivity index (χ0) is 10.6. The second kappa shape index (κ2) is 4.36. The first-order valence-electron chi connectivity index (χ1n) is 3.87. The Morgan fingerprint density at radius 2 is 2.14 bits per heavy atom. The lowest BCUT2D eigenvalue weighted by molar-refractivity contribution is -0.140. The first-order valence-corrected chi connectivity index (χ1v) is 3.87. The number of hydrogen-bond acceptors (Lipinski definition) is 5. The van der Waals surface area contributed by atoms with Gasteiger partial charge in [-0.25, -0.2) is 4.79 Å². The summed E-state index contributed by atoms with van der Waals surface area (Å²) < 4.78 is 4.78. The van der Waals surface area contributed by atoms with Gasteiger partial charge >= 0.3 is 5.97 Å². The molecule has 0 aromatic rings. The Labute approximate surface area is 80.7 Å². The highest BCUT2D eigenvalue weighted by Gasteiger charge is 2.12. The average molecular weight is 195 g/mol. The van der Waals surface area contributed by atoms with Gasteiger partial charge in [0.1, 0.15) is 5.71 Å². The molecular formula is C9H9NO4. The Morgan fingerprint density at radius 1 is 1.43 bits per heavy atom. The topological polar surface area (TPSA) is 65.0 Å². The van der Waals surface area contributed by atoms with E-state index in [1.807, 2.05) is 0 Å². The Balaban J connectivity index is 2.78. The highest BCUT2D eigenvalue weighted by atomic mass is 16.7. The van der Waals surface area contributed by atoms with Gasteiger partial charge in [-0.1, -0.05) is 5.16 Å². The molecule has 0 heterocycles. The number of hydrogen-bond donors (Lipinski definition) is 0. The minimum absolute atomic E-state index is 0.165. The van der Waals surface area contributed by atoms with Gasteiger partial charge in [-0.05, 0) is 12.2 Å². The zero-order valence-corrected chi connectivity index (χ0v) is 7.81. The molecule has 0 unspecified atom stereocenters. The van der Waals surface area contributed by atoms with Crippen molar-refractivity contribution >= 4 is 17.5 Å². The van der Waals surface area contributed by atoms with Crippen LogP contribution in [0.3, 0.4) is 0 Å². The monoisotopic (exact) mass is 195 g/mol. The molecule has 74 valence electrons. The fourth-order valence-electron chi connectivity index (χ4n) is 0.830. The van der Waals surface area contributed by atoms with Gasteiger partial charge < -0.3 is 9.57 Å². The van der Waals surface area contributed by atoms with Crippen LogP contribution in [0, 0.1) is 0 Å². The van der Waals surface area contributed by atoms with E-state index in [-0.39, 0.29) is 11.5 Å². The van der Waals surface area contributed by atoms with Crippen molar-refractivity contribution in [2.45, 2.75) is 6.92 Å². The molecule has 0 aromatic heterocycles. The summed E-state index contributed by atoms with van der Waals surface area (Å²) in [6.45, 7) is 1.24. The van der Waals surface area contributed by atoms with Gasteiger partial charge in [0.25, 0.3) is 0 Å². The minimum atomic E-state index is -0.518. The fourth-order valence-corrected chi connectivity index (χ4v) is 0.830. The third-order valence-electron chi connectivity index (χ3n) is 1.43. The molecule has 0 aromatic carbocycles. The molecule has 1 rings (SSSR count). The lowest BCUT2D eigenvalue weighted by atomic mass is 10.1. The second-order valence-corrected chi connectivity index (χ2v) is 2.51. The van der Waals surface area contributed by atoms with Crippen LogP contribution in [0.2, 0.25) is 0 Å². The summed E-state index contributed by atoms with van der Waals surface area (Å²) in [5.41, 5.74) is 0.358. The number of ether oxygens (including phenoxy) is 1. The largest absolute Gasteiger partial charge is 0.493 e. The molecule has 0 spiro atoms. The molecule has 0 atom stereocenters. The van der Waals surface area contributed by atoms with Crippen molar-refractivity contribution in [1.82, 2.24) is 0 Å². The number of carbonyl (C=O) groups is 2. The van der Waals surface area contributed by atoms with Gasteiger partial charge in [0.15, 0.2) is 5.76 Å². The molecule has 1 aliphatic rings. The van der Waals surface area contributed by atoms with Crippen molar-refractivity contribution in [2.24, 2.45) is 5.16 Å². The summed E-state index contributed by atoms with van der Waals surface area (Å²) in [7, 11) is 1.38. The summed E-state index contributed by atoms with van der Waals surface area (Å²) >= 11 is 0. The molecule has 0 aliphatic heterocycles. The highest BCUT2D eigenvalue weighted by Crippen LogP contribution is 2.06. The first kappa shape index (κ1) is 10.2. The molecule has 0 fully saturated rings. The fraction of sp³-hybridized carbons (Fsp3) is 0.222. The summed E-state index contributed by atoms with van der Waals surface area (Å²) in [6, 6.07) is 0. The SMILES string of the molecule is COC1=C/C(=N\OC(C)=O)C=CC1=O. The van der Waals surface area contributed by atoms with E-state index in [0.29, 0.717) is 5.71 Å². The van der Waals surface area contributed by atoms with Crippen LogP contribution in [-0.4, -0.2) is 24.6 Å². The molecule has 5 nitrogen and oxygen atoms in total. The molecule has 0 saturated heterocycles. The molecule has 0 amide bonds. The number of nitrogens with zero attached hydrogens (tertiary/aromatic N) is 1. The van der Waals surface area contributed by atoms with Crippen LogP contribution in [0.4, 0.5) is 0 Å². The normalized spacial score (nSPS) is 18.0. The number of carbonyl (C=O) groups excluding carboxylic acids is 2. The maximum Gasteiger partial charge on any atom is 0.331 e. The smallest absolute Gasteiger partial charge is 0.331 e. The molecule has 0 radical (unpaired) electrons.